The summed E-state index contributed by atoms with van der Waals surface area (Å²) in [5.74, 6) is 1.59. The zero-order valence-corrected chi connectivity index (χ0v) is 11.2. The molecule has 0 amide bonds. The van der Waals surface area contributed by atoms with E-state index in [0.717, 1.165) is 22.8 Å². The Labute approximate surface area is 111 Å². The van der Waals surface area contributed by atoms with Crippen LogP contribution in [0.1, 0.15) is 17.0 Å². The van der Waals surface area contributed by atoms with E-state index < -0.39 is 0 Å². The van der Waals surface area contributed by atoms with Gasteiger partial charge in [-0.05, 0) is 55.9 Å². The fourth-order valence-corrected chi connectivity index (χ4v) is 1.82. The van der Waals surface area contributed by atoms with Gasteiger partial charge in [0.1, 0.15) is 11.6 Å². The average molecular weight is 261 g/mol. The smallest absolute Gasteiger partial charge is 0.172 e. The molecule has 0 bridgehead atoms. The van der Waals surface area contributed by atoms with Crippen LogP contribution in [0.3, 0.4) is 0 Å². The molecule has 2 rings (SSSR count). The number of nitrogens with zero attached hydrogens (tertiary/aromatic N) is 1. The molecule has 5 heteroatoms. The zero-order valence-electron chi connectivity index (χ0n) is 10.4. The van der Waals surface area contributed by atoms with Crippen LogP contribution in [0, 0.1) is 13.8 Å². The number of rotatable bonds is 3. The number of aryl methyl sites for hydroxylation is 2. The second kappa shape index (κ2) is 5.64. The summed E-state index contributed by atoms with van der Waals surface area (Å²) < 4.78 is 5.21. The van der Waals surface area contributed by atoms with Crippen molar-refractivity contribution in [2.45, 2.75) is 20.4 Å². The third-order valence-corrected chi connectivity index (χ3v) is 2.59. The van der Waals surface area contributed by atoms with Gasteiger partial charge in [-0.25, -0.2) is 4.98 Å². The van der Waals surface area contributed by atoms with Gasteiger partial charge in [-0.15, -0.1) is 0 Å². The van der Waals surface area contributed by atoms with Crippen LogP contribution in [0.2, 0.25) is 0 Å². The van der Waals surface area contributed by atoms with Crippen molar-refractivity contribution in [3.8, 4) is 0 Å². The molecule has 0 atom stereocenters. The Kier molecular flexibility index (Phi) is 3.94. The van der Waals surface area contributed by atoms with Crippen LogP contribution in [-0.4, -0.2) is 10.1 Å². The molecule has 18 heavy (non-hydrogen) atoms. The molecule has 94 valence electrons. The Balaban J connectivity index is 1.90. The summed E-state index contributed by atoms with van der Waals surface area (Å²) in [5, 5.41) is 6.64. The van der Waals surface area contributed by atoms with E-state index in [-0.39, 0.29) is 0 Å². The molecule has 0 fully saturated rings. The minimum atomic E-state index is 0.531. The maximum atomic E-state index is 5.21. The van der Waals surface area contributed by atoms with Gasteiger partial charge in [-0.1, -0.05) is 0 Å². The van der Waals surface area contributed by atoms with Gasteiger partial charge >= 0.3 is 0 Å². The van der Waals surface area contributed by atoms with Crippen LogP contribution in [0.25, 0.3) is 0 Å². The van der Waals surface area contributed by atoms with E-state index in [9.17, 15) is 0 Å². The lowest BCUT2D eigenvalue weighted by Crippen LogP contribution is -2.28. The highest BCUT2D eigenvalue weighted by atomic mass is 32.1. The van der Waals surface area contributed by atoms with Gasteiger partial charge in [-0.3, -0.25) is 0 Å². The second-order valence-electron chi connectivity index (χ2n) is 4.06. The van der Waals surface area contributed by atoms with E-state index in [1.165, 1.54) is 0 Å². The third kappa shape index (κ3) is 3.56. The Bertz CT molecular complexity index is 517. The Hall–Kier alpha value is -1.88. The van der Waals surface area contributed by atoms with Crippen molar-refractivity contribution in [3.05, 3.63) is 47.5 Å². The van der Waals surface area contributed by atoms with Crippen LogP contribution in [0.15, 0.2) is 34.9 Å². The minimum Gasteiger partial charge on any atom is -0.467 e. The molecule has 4 nitrogen and oxygen atoms in total. The average Bonchev–Trinajstić information content (AvgIpc) is 2.77. The highest BCUT2D eigenvalue weighted by Gasteiger charge is 2.01. The SMILES string of the molecule is Cc1cc(C)nc(NC(=S)NCc2ccco2)c1. The molecule has 2 N–H and O–H groups in total. The molecule has 0 unspecified atom stereocenters. The molecule has 2 aromatic rings. The van der Waals surface area contributed by atoms with E-state index in [4.69, 9.17) is 16.6 Å². The zero-order chi connectivity index (χ0) is 13.0. The predicted molar refractivity (Wildman–Crippen MR) is 75.5 cm³/mol. The number of pyridine rings is 1. The fraction of sp³-hybridized carbons (Fsp3) is 0.231. The molecule has 0 saturated carbocycles. The number of hydrogen-bond acceptors (Lipinski definition) is 3. The summed E-state index contributed by atoms with van der Waals surface area (Å²) in [6.07, 6.45) is 1.64. The van der Waals surface area contributed by atoms with Gasteiger partial charge < -0.3 is 15.1 Å². The second-order valence-corrected chi connectivity index (χ2v) is 4.47. The number of thiocarbonyl (C=S) groups is 1. The maximum Gasteiger partial charge on any atom is 0.172 e. The van der Waals surface area contributed by atoms with Crippen molar-refractivity contribution in [3.63, 3.8) is 0 Å². The lowest BCUT2D eigenvalue weighted by molar-refractivity contribution is 0.503. The molecular formula is C13H15N3OS. The molecule has 0 spiro atoms. The van der Waals surface area contributed by atoms with E-state index in [0.29, 0.717) is 11.7 Å². The first-order chi connectivity index (χ1) is 8.63. The third-order valence-electron chi connectivity index (χ3n) is 2.34. The van der Waals surface area contributed by atoms with Crippen molar-refractivity contribution in [1.82, 2.24) is 10.3 Å². The Morgan fingerprint density at radius 1 is 1.39 bits per heavy atom. The van der Waals surface area contributed by atoms with E-state index in [1.54, 1.807) is 6.26 Å². The lowest BCUT2D eigenvalue weighted by Gasteiger charge is -2.10. The first-order valence-corrected chi connectivity index (χ1v) is 6.07. The number of hydrogen-bond donors (Lipinski definition) is 2. The van der Waals surface area contributed by atoms with Gasteiger partial charge in [-0.2, -0.15) is 0 Å². The van der Waals surface area contributed by atoms with Gasteiger partial charge in [0.25, 0.3) is 0 Å². The number of anilines is 1. The topological polar surface area (TPSA) is 50.1 Å². The van der Waals surface area contributed by atoms with Crippen LogP contribution in [0.4, 0.5) is 5.82 Å². The van der Waals surface area contributed by atoms with Crippen molar-refractivity contribution in [2.24, 2.45) is 0 Å². The van der Waals surface area contributed by atoms with Crippen LogP contribution in [-0.2, 0) is 6.54 Å². The molecule has 0 aliphatic heterocycles. The maximum absolute atomic E-state index is 5.21. The number of furan rings is 1. The first-order valence-electron chi connectivity index (χ1n) is 5.66. The van der Waals surface area contributed by atoms with Gasteiger partial charge in [0.15, 0.2) is 5.11 Å². The summed E-state index contributed by atoms with van der Waals surface area (Å²) in [4.78, 5) is 4.36. The van der Waals surface area contributed by atoms with Crippen molar-refractivity contribution in [1.29, 1.82) is 0 Å². The molecular weight excluding hydrogens is 246 g/mol. The quantitative estimate of drug-likeness (QED) is 0.832. The first kappa shape index (κ1) is 12.6. The Morgan fingerprint density at radius 3 is 2.89 bits per heavy atom. The molecule has 0 radical (unpaired) electrons. The molecule has 0 aliphatic carbocycles. The van der Waals surface area contributed by atoms with Gasteiger partial charge in [0.05, 0.1) is 12.8 Å². The van der Waals surface area contributed by atoms with Crippen molar-refractivity contribution >= 4 is 23.1 Å². The molecule has 0 aromatic carbocycles. The van der Waals surface area contributed by atoms with Crippen LogP contribution < -0.4 is 10.6 Å². The highest BCUT2D eigenvalue weighted by molar-refractivity contribution is 7.80. The summed E-state index contributed by atoms with van der Waals surface area (Å²) >= 11 is 5.19. The van der Waals surface area contributed by atoms with Crippen LogP contribution >= 0.6 is 12.2 Å². The molecule has 2 aromatic heterocycles. The minimum absolute atomic E-state index is 0.531. The van der Waals surface area contributed by atoms with Crippen LogP contribution in [0.5, 0.6) is 0 Å². The number of aromatic nitrogens is 1. The monoisotopic (exact) mass is 261 g/mol. The largest absolute Gasteiger partial charge is 0.467 e. The summed E-state index contributed by atoms with van der Waals surface area (Å²) in [5.41, 5.74) is 2.12. The summed E-state index contributed by atoms with van der Waals surface area (Å²) in [6, 6.07) is 7.71. The van der Waals surface area contributed by atoms with Crippen molar-refractivity contribution < 1.29 is 4.42 Å². The highest BCUT2D eigenvalue weighted by Crippen LogP contribution is 2.08. The standard InChI is InChI=1S/C13H15N3OS/c1-9-6-10(2)15-12(7-9)16-13(18)14-8-11-4-3-5-17-11/h3-7H,8H2,1-2H3,(H2,14,15,16,18). The fourth-order valence-electron chi connectivity index (χ4n) is 1.65. The van der Waals surface area contributed by atoms with Gasteiger partial charge in [0.2, 0.25) is 0 Å². The summed E-state index contributed by atoms with van der Waals surface area (Å²) in [6.45, 7) is 4.54. The summed E-state index contributed by atoms with van der Waals surface area (Å²) in [7, 11) is 0. The van der Waals surface area contributed by atoms with E-state index in [2.05, 4.69) is 15.6 Å². The lowest BCUT2D eigenvalue weighted by atomic mass is 10.2. The normalized spacial score (nSPS) is 10.1. The predicted octanol–water partition coefficient (Wildman–Crippen LogP) is 2.78. The molecule has 0 aliphatic rings. The molecule has 2 heterocycles. The van der Waals surface area contributed by atoms with Gasteiger partial charge in [0, 0.05) is 5.69 Å². The van der Waals surface area contributed by atoms with Crippen molar-refractivity contribution in [2.75, 3.05) is 5.32 Å². The van der Waals surface area contributed by atoms with E-state index >= 15 is 0 Å². The Morgan fingerprint density at radius 2 is 2.22 bits per heavy atom. The molecule has 0 saturated heterocycles. The van der Waals surface area contributed by atoms with E-state index in [1.807, 2.05) is 38.1 Å². The number of nitrogens with one attached hydrogen (secondary N) is 2.